The number of anilines is 1. The fraction of sp³-hybridized carbons (Fsp3) is 0.350. The van der Waals surface area contributed by atoms with E-state index in [4.69, 9.17) is 9.47 Å². The number of carbonyl (C=O) groups excluding carboxylic acids is 1. The predicted octanol–water partition coefficient (Wildman–Crippen LogP) is 2.58. The van der Waals surface area contributed by atoms with Crippen molar-refractivity contribution in [3.05, 3.63) is 60.2 Å². The van der Waals surface area contributed by atoms with Gasteiger partial charge in [0.05, 0.1) is 20.3 Å². The summed E-state index contributed by atoms with van der Waals surface area (Å²) in [6.07, 6.45) is 0.642. The van der Waals surface area contributed by atoms with Crippen molar-refractivity contribution >= 4 is 11.6 Å². The molecule has 1 aliphatic rings. The molecule has 1 aliphatic heterocycles. The van der Waals surface area contributed by atoms with Crippen LogP contribution in [0, 0.1) is 0 Å². The summed E-state index contributed by atoms with van der Waals surface area (Å²) >= 11 is 0. The lowest BCUT2D eigenvalue weighted by Crippen LogP contribution is -2.48. The number of amides is 1. The third kappa shape index (κ3) is 4.73. The van der Waals surface area contributed by atoms with Gasteiger partial charge in [0, 0.05) is 25.2 Å². The van der Waals surface area contributed by atoms with E-state index in [1.807, 2.05) is 47.4 Å². The zero-order valence-electron chi connectivity index (χ0n) is 14.5. The van der Waals surface area contributed by atoms with Gasteiger partial charge in [-0.15, -0.1) is 0 Å². The monoisotopic (exact) mass is 340 g/mol. The molecule has 0 aromatic heterocycles. The molecular formula is C20H24N2O3. The summed E-state index contributed by atoms with van der Waals surface area (Å²) in [5.74, 6) is 0.910. The molecule has 1 N–H and O–H groups in total. The number of morpholine rings is 1. The van der Waals surface area contributed by atoms with Gasteiger partial charge in [-0.1, -0.05) is 30.3 Å². The number of nitrogens with one attached hydrogen (secondary N) is 1. The number of carbonyl (C=O) groups is 1. The Morgan fingerprint density at radius 3 is 2.44 bits per heavy atom. The van der Waals surface area contributed by atoms with E-state index in [2.05, 4.69) is 17.4 Å². The summed E-state index contributed by atoms with van der Waals surface area (Å²) in [6, 6.07) is 17.4. The Morgan fingerprint density at radius 2 is 1.80 bits per heavy atom. The normalized spacial score (nSPS) is 15.5. The minimum atomic E-state index is -0.311. The fourth-order valence-electron chi connectivity index (χ4n) is 2.94. The highest BCUT2D eigenvalue weighted by Crippen LogP contribution is 2.18. The topological polar surface area (TPSA) is 50.8 Å². The van der Waals surface area contributed by atoms with Crippen molar-refractivity contribution in [2.24, 2.45) is 0 Å². The fourth-order valence-corrected chi connectivity index (χ4v) is 2.94. The Labute approximate surface area is 148 Å². The van der Waals surface area contributed by atoms with Gasteiger partial charge >= 0.3 is 0 Å². The van der Waals surface area contributed by atoms with E-state index in [-0.39, 0.29) is 11.9 Å². The molecule has 1 heterocycles. The van der Waals surface area contributed by atoms with E-state index in [1.165, 1.54) is 0 Å². The second kappa shape index (κ2) is 8.53. The molecule has 0 spiro atoms. The molecule has 3 rings (SSSR count). The molecule has 1 amide bonds. The Kier molecular flexibility index (Phi) is 5.90. The SMILES string of the molecule is COc1ccc(NC(Cc2ccccc2)C(=O)N2CCOCC2)cc1. The van der Waals surface area contributed by atoms with Gasteiger partial charge < -0.3 is 19.7 Å². The quantitative estimate of drug-likeness (QED) is 0.878. The molecule has 0 radical (unpaired) electrons. The van der Waals surface area contributed by atoms with E-state index in [0.29, 0.717) is 32.7 Å². The van der Waals surface area contributed by atoms with E-state index >= 15 is 0 Å². The first-order valence-electron chi connectivity index (χ1n) is 8.57. The van der Waals surface area contributed by atoms with Crippen LogP contribution < -0.4 is 10.1 Å². The third-order valence-corrected chi connectivity index (χ3v) is 4.33. The van der Waals surface area contributed by atoms with E-state index in [1.54, 1.807) is 7.11 Å². The third-order valence-electron chi connectivity index (χ3n) is 4.33. The van der Waals surface area contributed by atoms with Crippen LogP contribution in [-0.2, 0) is 16.0 Å². The van der Waals surface area contributed by atoms with E-state index in [0.717, 1.165) is 17.0 Å². The Hall–Kier alpha value is -2.53. The van der Waals surface area contributed by atoms with Gasteiger partial charge in [0.25, 0.3) is 0 Å². The number of hydrogen-bond acceptors (Lipinski definition) is 4. The molecule has 0 aliphatic carbocycles. The summed E-state index contributed by atoms with van der Waals surface area (Å²) in [6.45, 7) is 2.50. The van der Waals surface area contributed by atoms with Crippen LogP contribution in [0.25, 0.3) is 0 Å². The highest BCUT2D eigenvalue weighted by molar-refractivity contribution is 5.85. The van der Waals surface area contributed by atoms with Gasteiger partial charge in [0.2, 0.25) is 5.91 Å². The van der Waals surface area contributed by atoms with Crippen LogP contribution in [0.1, 0.15) is 5.56 Å². The van der Waals surface area contributed by atoms with Crippen molar-refractivity contribution in [2.75, 3.05) is 38.7 Å². The highest BCUT2D eigenvalue weighted by atomic mass is 16.5. The van der Waals surface area contributed by atoms with Crippen LogP contribution in [0.15, 0.2) is 54.6 Å². The predicted molar refractivity (Wildman–Crippen MR) is 97.9 cm³/mol. The zero-order valence-corrected chi connectivity index (χ0v) is 14.5. The van der Waals surface area contributed by atoms with Gasteiger partial charge in [0.15, 0.2) is 0 Å². The van der Waals surface area contributed by atoms with E-state index in [9.17, 15) is 4.79 Å². The van der Waals surface area contributed by atoms with Gasteiger partial charge in [-0.2, -0.15) is 0 Å². The average molecular weight is 340 g/mol. The van der Waals surface area contributed by atoms with Gasteiger partial charge in [-0.05, 0) is 29.8 Å². The lowest BCUT2D eigenvalue weighted by atomic mass is 10.0. The summed E-state index contributed by atoms with van der Waals surface area (Å²) < 4.78 is 10.6. The lowest BCUT2D eigenvalue weighted by molar-refractivity contribution is -0.136. The van der Waals surface area contributed by atoms with Crippen LogP contribution in [0.4, 0.5) is 5.69 Å². The molecule has 5 nitrogen and oxygen atoms in total. The molecule has 25 heavy (non-hydrogen) atoms. The minimum absolute atomic E-state index is 0.114. The molecule has 1 unspecified atom stereocenters. The van der Waals surface area contributed by atoms with Crippen molar-refractivity contribution < 1.29 is 14.3 Å². The molecule has 0 bridgehead atoms. The number of hydrogen-bond donors (Lipinski definition) is 1. The van der Waals surface area contributed by atoms with Gasteiger partial charge in [-0.3, -0.25) is 4.79 Å². The lowest BCUT2D eigenvalue weighted by Gasteiger charge is -2.31. The number of rotatable bonds is 6. The summed E-state index contributed by atoms with van der Waals surface area (Å²) in [4.78, 5) is 14.9. The smallest absolute Gasteiger partial charge is 0.245 e. The Balaban J connectivity index is 1.75. The van der Waals surface area contributed by atoms with Crippen molar-refractivity contribution in [1.29, 1.82) is 0 Å². The van der Waals surface area contributed by atoms with Crippen molar-refractivity contribution in [2.45, 2.75) is 12.5 Å². The van der Waals surface area contributed by atoms with Crippen molar-refractivity contribution in [1.82, 2.24) is 4.90 Å². The molecular weight excluding hydrogens is 316 g/mol. The van der Waals surface area contributed by atoms with Crippen LogP contribution in [0.3, 0.4) is 0 Å². The molecule has 2 aromatic carbocycles. The molecule has 0 saturated carbocycles. The maximum atomic E-state index is 13.0. The molecule has 2 aromatic rings. The highest BCUT2D eigenvalue weighted by Gasteiger charge is 2.26. The first kappa shape index (κ1) is 17.3. The second-order valence-electron chi connectivity index (χ2n) is 6.05. The van der Waals surface area contributed by atoms with Gasteiger partial charge in [0.1, 0.15) is 11.8 Å². The largest absolute Gasteiger partial charge is 0.497 e. The maximum absolute atomic E-state index is 13.0. The average Bonchev–Trinajstić information content (AvgIpc) is 2.69. The van der Waals surface area contributed by atoms with Crippen LogP contribution in [-0.4, -0.2) is 50.3 Å². The number of ether oxygens (including phenoxy) is 2. The standard InChI is InChI=1S/C20H24N2O3/c1-24-18-9-7-17(8-10-18)21-19(15-16-5-3-2-4-6-16)20(23)22-11-13-25-14-12-22/h2-10,19,21H,11-15H2,1H3. The summed E-state index contributed by atoms with van der Waals surface area (Å²) in [5, 5.41) is 3.39. The Morgan fingerprint density at radius 1 is 1.12 bits per heavy atom. The first-order valence-corrected chi connectivity index (χ1v) is 8.57. The maximum Gasteiger partial charge on any atom is 0.245 e. The molecule has 1 saturated heterocycles. The number of benzene rings is 2. The zero-order chi connectivity index (χ0) is 17.5. The molecule has 5 heteroatoms. The molecule has 132 valence electrons. The molecule has 1 fully saturated rings. The molecule has 1 atom stereocenters. The van der Waals surface area contributed by atoms with Crippen molar-refractivity contribution in [3.63, 3.8) is 0 Å². The minimum Gasteiger partial charge on any atom is -0.497 e. The summed E-state index contributed by atoms with van der Waals surface area (Å²) in [7, 11) is 1.64. The van der Waals surface area contributed by atoms with Crippen LogP contribution in [0.2, 0.25) is 0 Å². The van der Waals surface area contributed by atoms with E-state index < -0.39 is 0 Å². The summed E-state index contributed by atoms with van der Waals surface area (Å²) in [5.41, 5.74) is 2.04. The van der Waals surface area contributed by atoms with Gasteiger partial charge in [-0.25, -0.2) is 0 Å². The van der Waals surface area contributed by atoms with Crippen LogP contribution >= 0.6 is 0 Å². The Bertz CT molecular complexity index is 667. The van der Waals surface area contributed by atoms with Crippen LogP contribution in [0.5, 0.6) is 5.75 Å². The number of nitrogens with zero attached hydrogens (tertiary/aromatic N) is 1. The second-order valence-corrected chi connectivity index (χ2v) is 6.05. The first-order chi connectivity index (χ1) is 12.3. The van der Waals surface area contributed by atoms with Crippen molar-refractivity contribution in [3.8, 4) is 5.75 Å². The number of methoxy groups -OCH3 is 1.